The summed E-state index contributed by atoms with van der Waals surface area (Å²) in [7, 11) is 0. The molecule has 0 unspecified atom stereocenters. The number of H-pyrrole nitrogens is 1. The minimum Gasteiger partial charge on any atom is -0.361 e. The lowest BCUT2D eigenvalue weighted by Gasteiger charge is -2.18. The van der Waals surface area contributed by atoms with Crippen LogP contribution >= 0.6 is 0 Å². The molecule has 3 nitrogen and oxygen atoms in total. The van der Waals surface area contributed by atoms with Crippen molar-refractivity contribution in [3.05, 3.63) is 108 Å². The zero-order valence-electron chi connectivity index (χ0n) is 14.7. The molecule has 0 spiro atoms. The number of aromatic amines is 1. The molecule has 0 saturated heterocycles. The van der Waals surface area contributed by atoms with Crippen molar-refractivity contribution >= 4 is 16.8 Å². The van der Waals surface area contributed by atoms with Crippen LogP contribution in [0.1, 0.15) is 27.4 Å². The number of rotatable bonds is 5. The third-order valence-electron chi connectivity index (χ3n) is 4.78. The number of benzene rings is 3. The molecule has 0 aliphatic rings. The Morgan fingerprint density at radius 1 is 0.926 bits per heavy atom. The van der Waals surface area contributed by atoms with Crippen molar-refractivity contribution in [2.45, 2.75) is 5.92 Å². The number of fused-ring (bicyclic) bond motifs is 1. The van der Waals surface area contributed by atoms with Gasteiger partial charge in [0.15, 0.2) is 0 Å². The summed E-state index contributed by atoms with van der Waals surface area (Å²) in [5.74, 6) is -0.967. The van der Waals surface area contributed by atoms with E-state index in [4.69, 9.17) is 0 Å². The Balaban J connectivity index is 1.65. The standard InChI is InChI=1S/C23H19FN2O/c24-21-12-6-4-11-18(21)23(27)26-14-19(16-8-2-1-3-9-16)20-15-25-22-13-7-5-10-17(20)22/h1-13,15,19,25H,14H2,(H,26,27)/t19-/m0/s1. The van der Waals surface area contributed by atoms with Gasteiger partial charge in [-0.1, -0.05) is 60.7 Å². The lowest BCUT2D eigenvalue weighted by atomic mass is 9.91. The largest absolute Gasteiger partial charge is 0.361 e. The van der Waals surface area contributed by atoms with Gasteiger partial charge in [0.1, 0.15) is 5.82 Å². The third-order valence-corrected chi connectivity index (χ3v) is 4.78. The summed E-state index contributed by atoms with van der Waals surface area (Å²) >= 11 is 0. The van der Waals surface area contributed by atoms with Crippen molar-refractivity contribution < 1.29 is 9.18 Å². The highest BCUT2D eigenvalue weighted by Gasteiger charge is 2.20. The molecule has 134 valence electrons. The molecule has 1 amide bonds. The molecular formula is C23H19FN2O. The number of carbonyl (C=O) groups is 1. The first-order valence-corrected chi connectivity index (χ1v) is 8.87. The van der Waals surface area contributed by atoms with Crippen LogP contribution in [0.15, 0.2) is 85.1 Å². The van der Waals surface area contributed by atoms with Gasteiger partial charge in [-0.2, -0.15) is 0 Å². The number of para-hydroxylation sites is 1. The van der Waals surface area contributed by atoms with Crippen molar-refractivity contribution in [3.8, 4) is 0 Å². The average Bonchev–Trinajstić information content (AvgIpc) is 3.13. The van der Waals surface area contributed by atoms with Gasteiger partial charge in [-0.15, -0.1) is 0 Å². The lowest BCUT2D eigenvalue weighted by molar-refractivity contribution is 0.0948. The van der Waals surface area contributed by atoms with Crippen LogP contribution in [-0.2, 0) is 0 Å². The van der Waals surface area contributed by atoms with E-state index >= 15 is 0 Å². The van der Waals surface area contributed by atoms with E-state index in [-0.39, 0.29) is 11.5 Å². The monoisotopic (exact) mass is 358 g/mol. The maximum absolute atomic E-state index is 13.9. The van der Waals surface area contributed by atoms with Crippen molar-refractivity contribution in [2.75, 3.05) is 6.54 Å². The van der Waals surface area contributed by atoms with Gasteiger partial charge in [-0.25, -0.2) is 4.39 Å². The first-order valence-electron chi connectivity index (χ1n) is 8.87. The van der Waals surface area contributed by atoms with Crippen LogP contribution in [0.2, 0.25) is 0 Å². The van der Waals surface area contributed by atoms with Crippen molar-refractivity contribution in [1.29, 1.82) is 0 Å². The minimum absolute atomic E-state index is 0.0435. The molecule has 4 heteroatoms. The summed E-state index contributed by atoms with van der Waals surface area (Å²) in [5.41, 5.74) is 3.30. The topological polar surface area (TPSA) is 44.9 Å². The summed E-state index contributed by atoms with van der Waals surface area (Å²) in [5, 5.41) is 4.02. The normalized spacial score (nSPS) is 12.0. The maximum atomic E-state index is 13.9. The fourth-order valence-electron chi connectivity index (χ4n) is 3.41. The second-order valence-corrected chi connectivity index (χ2v) is 6.44. The van der Waals surface area contributed by atoms with E-state index in [0.717, 1.165) is 22.0 Å². The van der Waals surface area contributed by atoms with E-state index in [1.807, 2.05) is 54.7 Å². The zero-order valence-corrected chi connectivity index (χ0v) is 14.7. The summed E-state index contributed by atoms with van der Waals surface area (Å²) in [6.07, 6.45) is 1.98. The SMILES string of the molecule is O=C(NC[C@@H](c1ccccc1)c1c[nH]c2ccccc12)c1ccccc1F. The van der Waals surface area contributed by atoms with E-state index in [1.165, 1.54) is 12.1 Å². The first kappa shape index (κ1) is 17.0. The number of nitrogens with one attached hydrogen (secondary N) is 2. The third kappa shape index (κ3) is 3.47. The maximum Gasteiger partial charge on any atom is 0.254 e. The Bertz CT molecular complexity index is 1070. The van der Waals surface area contributed by atoms with Gasteiger partial charge >= 0.3 is 0 Å². The second kappa shape index (κ2) is 7.46. The number of hydrogen-bond donors (Lipinski definition) is 2. The Morgan fingerprint density at radius 3 is 2.44 bits per heavy atom. The summed E-state index contributed by atoms with van der Waals surface area (Å²) in [6, 6.07) is 24.1. The van der Waals surface area contributed by atoms with Gasteiger partial charge in [-0.05, 0) is 29.3 Å². The predicted octanol–water partition coefficient (Wildman–Crippen LogP) is 4.87. The van der Waals surface area contributed by atoms with E-state index in [1.54, 1.807) is 12.1 Å². The fraction of sp³-hybridized carbons (Fsp3) is 0.0870. The van der Waals surface area contributed by atoms with E-state index in [9.17, 15) is 9.18 Å². The Labute approximate surface area is 156 Å². The highest BCUT2D eigenvalue weighted by Crippen LogP contribution is 2.30. The Hall–Kier alpha value is -3.40. The smallest absolute Gasteiger partial charge is 0.254 e. The molecule has 2 N–H and O–H groups in total. The minimum atomic E-state index is -0.515. The molecule has 0 radical (unpaired) electrons. The molecular weight excluding hydrogens is 339 g/mol. The van der Waals surface area contributed by atoms with E-state index in [0.29, 0.717) is 6.54 Å². The number of amides is 1. The van der Waals surface area contributed by atoms with Crippen LogP contribution in [0.25, 0.3) is 10.9 Å². The quantitative estimate of drug-likeness (QED) is 0.525. The van der Waals surface area contributed by atoms with E-state index in [2.05, 4.69) is 16.4 Å². The predicted molar refractivity (Wildman–Crippen MR) is 105 cm³/mol. The van der Waals surface area contributed by atoms with Crippen LogP contribution in [-0.4, -0.2) is 17.4 Å². The molecule has 4 aromatic rings. The summed E-state index contributed by atoms with van der Waals surface area (Å²) in [6.45, 7) is 0.374. The number of carbonyl (C=O) groups excluding carboxylic acids is 1. The molecule has 1 atom stereocenters. The molecule has 3 aromatic carbocycles. The second-order valence-electron chi connectivity index (χ2n) is 6.44. The molecule has 0 fully saturated rings. The van der Waals surface area contributed by atoms with Crippen molar-refractivity contribution in [1.82, 2.24) is 10.3 Å². The summed E-state index contributed by atoms with van der Waals surface area (Å²) < 4.78 is 13.9. The molecule has 27 heavy (non-hydrogen) atoms. The van der Waals surface area contributed by atoms with Crippen LogP contribution < -0.4 is 5.32 Å². The molecule has 0 aliphatic carbocycles. The van der Waals surface area contributed by atoms with Gasteiger partial charge in [-0.3, -0.25) is 4.79 Å². The number of halogens is 1. The first-order chi connectivity index (χ1) is 13.2. The number of hydrogen-bond acceptors (Lipinski definition) is 1. The highest BCUT2D eigenvalue weighted by atomic mass is 19.1. The van der Waals surface area contributed by atoms with Crippen molar-refractivity contribution in [3.63, 3.8) is 0 Å². The zero-order chi connectivity index (χ0) is 18.6. The van der Waals surface area contributed by atoms with E-state index < -0.39 is 11.7 Å². The van der Waals surface area contributed by atoms with Gasteiger partial charge < -0.3 is 10.3 Å². The van der Waals surface area contributed by atoms with Gasteiger partial charge in [0.05, 0.1) is 5.56 Å². The fourth-order valence-corrected chi connectivity index (χ4v) is 3.41. The van der Waals surface area contributed by atoms with Crippen LogP contribution in [0.3, 0.4) is 0 Å². The molecule has 0 saturated carbocycles. The highest BCUT2D eigenvalue weighted by molar-refractivity contribution is 5.94. The molecule has 1 aromatic heterocycles. The molecule has 1 heterocycles. The van der Waals surface area contributed by atoms with Crippen LogP contribution in [0, 0.1) is 5.82 Å². The Kier molecular flexibility index (Phi) is 4.71. The van der Waals surface area contributed by atoms with Crippen LogP contribution in [0.4, 0.5) is 4.39 Å². The van der Waals surface area contributed by atoms with Gasteiger partial charge in [0.25, 0.3) is 5.91 Å². The van der Waals surface area contributed by atoms with Crippen LogP contribution in [0.5, 0.6) is 0 Å². The average molecular weight is 358 g/mol. The lowest BCUT2D eigenvalue weighted by Crippen LogP contribution is -2.29. The van der Waals surface area contributed by atoms with Crippen molar-refractivity contribution in [2.24, 2.45) is 0 Å². The molecule has 4 rings (SSSR count). The summed E-state index contributed by atoms with van der Waals surface area (Å²) in [4.78, 5) is 15.8. The van der Waals surface area contributed by atoms with Gasteiger partial charge in [0, 0.05) is 29.6 Å². The Morgan fingerprint density at radius 2 is 1.63 bits per heavy atom. The molecule has 0 aliphatic heterocycles. The molecule has 0 bridgehead atoms. The van der Waals surface area contributed by atoms with Gasteiger partial charge in [0.2, 0.25) is 0 Å². The number of aromatic nitrogens is 1.